The van der Waals surface area contributed by atoms with Crippen molar-refractivity contribution in [2.75, 3.05) is 12.8 Å². The van der Waals surface area contributed by atoms with Crippen molar-refractivity contribution in [3.05, 3.63) is 41.7 Å². The fourth-order valence-corrected chi connectivity index (χ4v) is 2.88. The molecule has 2 N–H and O–H groups in total. The Bertz CT molecular complexity index is 675. The molecule has 122 valence electrons. The minimum Gasteiger partial charge on any atom is -0.257 e. The fourth-order valence-electron chi connectivity index (χ4n) is 2.44. The Balaban J connectivity index is 1.84. The summed E-state index contributed by atoms with van der Waals surface area (Å²) in [5.74, 6) is -0.416. The molecule has 1 aromatic heterocycles. The zero-order valence-electron chi connectivity index (χ0n) is 12.4. The zero-order chi connectivity index (χ0) is 16.2. The molecule has 2 atom stereocenters. The van der Waals surface area contributed by atoms with Gasteiger partial charge in [-0.2, -0.15) is 9.78 Å². The monoisotopic (exact) mass is 338 g/mol. The van der Waals surface area contributed by atoms with Gasteiger partial charge < -0.3 is 0 Å². The number of hydrogen-bond donors (Lipinski definition) is 2. The van der Waals surface area contributed by atoms with Gasteiger partial charge in [0.05, 0.1) is 6.04 Å². The third-order valence-electron chi connectivity index (χ3n) is 3.57. The van der Waals surface area contributed by atoms with Gasteiger partial charge in [-0.25, -0.2) is 14.2 Å². The number of nitrogens with zero attached hydrogens (tertiary/aromatic N) is 4. The van der Waals surface area contributed by atoms with Gasteiger partial charge in [0.2, 0.25) is 11.0 Å². The van der Waals surface area contributed by atoms with Gasteiger partial charge in [-0.15, -0.1) is 10.2 Å². The lowest BCUT2D eigenvalue weighted by Crippen LogP contribution is -2.25. The van der Waals surface area contributed by atoms with Crippen LogP contribution >= 0.6 is 11.8 Å². The van der Waals surface area contributed by atoms with Crippen LogP contribution in [0.3, 0.4) is 0 Å². The molecule has 2 unspecified atom stereocenters. The Labute approximate surface area is 136 Å². The first-order chi connectivity index (χ1) is 11.2. The maximum atomic E-state index is 13.0. The largest absolute Gasteiger partial charge is 0.299 e. The third kappa shape index (κ3) is 3.41. The lowest BCUT2D eigenvalue weighted by molar-refractivity contribution is 0.135. The Hall–Kier alpha value is -1.84. The quantitative estimate of drug-likeness (QED) is 0.646. The predicted octanol–water partition coefficient (Wildman–Crippen LogP) is 2.24. The van der Waals surface area contributed by atoms with Crippen LogP contribution in [-0.2, 0) is 0 Å². The van der Waals surface area contributed by atoms with Crippen molar-refractivity contribution < 1.29 is 8.78 Å². The SMILES string of the molecule is CSc1nnc(C(F)F)n1/N=C/C1CNNC1c1ccccc1. The first-order valence-electron chi connectivity index (χ1n) is 7.06. The van der Waals surface area contributed by atoms with Crippen molar-refractivity contribution in [1.82, 2.24) is 25.7 Å². The predicted molar refractivity (Wildman–Crippen MR) is 84.5 cm³/mol. The van der Waals surface area contributed by atoms with Crippen molar-refractivity contribution in [1.29, 1.82) is 0 Å². The lowest BCUT2D eigenvalue weighted by atomic mass is 9.96. The highest BCUT2D eigenvalue weighted by atomic mass is 32.2. The Kier molecular flexibility index (Phi) is 4.99. The van der Waals surface area contributed by atoms with Crippen molar-refractivity contribution in [3.63, 3.8) is 0 Å². The van der Waals surface area contributed by atoms with E-state index in [-0.39, 0.29) is 12.0 Å². The van der Waals surface area contributed by atoms with Gasteiger partial charge in [0.25, 0.3) is 6.43 Å². The normalized spacial score (nSPS) is 21.6. The highest BCUT2D eigenvalue weighted by Gasteiger charge is 2.27. The molecule has 9 heteroatoms. The number of hydrogen-bond acceptors (Lipinski definition) is 6. The molecule has 0 amide bonds. The van der Waals surface area contributed by atoms with Gasteiger partial charge in [0.15, 0.2) is 0 Å². The minimum absolute atomic E-state index is 0.0278. The van der Waals surface area contributed by atoms with Crippen molar-refractivity contribution in [3.8, 4) is 0 Å². The van der Waals surface area contributed by atoms with Gasteiger partial charge in [0.1, 0.15) is 0 Å². The molecule has 3 rings (SSSR count). The summed E-state index contributed by atoms with van der Waals surface area (Å²) in [5.41, 5.74) is 7.37. The number of benzene rings is 1. The van der Waals surface area contributed by atoms with E-state index in [1.165, 1.54) is 11.8 Å². The molecular formula is C14H16F2N6S. The number of halogens is 2. The molecule has 1 aliphatic heterocycles. The van der Waals surface area contributed by atoms with E-state index in [1.807, 2.05) is 30.3 Å². The highest BCUT2D eigenvalue weighted by Crippen LogP contribution is 2.25. The second-order valence-corrected chi connectivity index (χ2v) is 5.77. The van der Waals surface area contributed by atoms with Gasteiger partial charge >= 0.3 is 0 Å². The molecule has 6 nitrogen and oxygen atoms in total. The Morgan fingerprint density at radius 2 is 2.13 bits per heavy atom. The summed E-state index contributed by atoms with van der Waals surface area (Å²) in [6.45, 7) is 0.657. The minimum atomic E-state index is -2.72. The maximum Gasteiger partial charge on any atom is 0.299 e. The molecule has 2 heterocycles. The van der Waals surface area contributed by atoms with Crippen molar-refractivity contribution in [2.45, 2.75) is 17.6 Å². The van der Waals surface area contributed by atoms with E-state index >= 15 is 0 Å². The molecule has 0 bridgehead atoms. The summed E-state index contributed by atoms with van der Waals surface area (Å²) in [7, 11) is 0. The van der Waals surface area contributed by atoms with Gasteiger partial charge in [-0.05, 0) is 11.8 Å². The molecule has 0 radical (unpaired) electrons. The van der Waals surface area contributed by atoms with Crippen molar-refractivity contribution in [2.24, 2.45) is 11.0 Å². The fraction of sp³-hybridized carbons (Fsp3) is 0.357. The average molecular weight is 338 g/mol. The second-order valence-electron chi connectivity index (χ2n) is 5.00. The van der Waals surface area contributed by atoms with E-state index in [1.54, 1.807) is 12.5 Å². The van der Waals surface area contributed by atoms with E-state index in [0.29, 0.717) is 11.7 Å². The van der Waals surface area contributed by atoms with Gasteiger partial charge in [0, 0.05) is 18.7 Å². The zero-order valence-corrected chi connectivity index (χ0v) is 13.2. The van der Waals surface area contributed by atoms with Crippen molar-refractivity contribution >= 4 is 18.0 Å². The molecule has 0 aliphatic carbocycles. The van der Waals surface area contributed by atoms with Crippen LogP contribution in [0.15, 0.2) is 40.6 Å². The van der Waals surface area contributed by atoms with Crippen LogP contribution in [0.5, 0.6) is 0 Å². The molecule has 0 saturated carbocycles. The smallest absolute Gasteiger partial charge is 0.257 e. The topological polar surface area (TPSA) is 67.1 Å². The summed E-state index contributed by atoms with van der Waals surface area (Å²) in [6.07, 6.45) is 0.696. The van der Waals surface area contributed by atoms with E-state index in [9.17, 15) is 8.78 Å². The van der Waals surface area contributed by atoms with Crippen LogP contribution in [0.25, 0.3) is 0 Å². The van der Waals surface area contributed by atoms with Crippen LogP contribution < -0.4 is 10.9 Å². The highest BCUT2D eigenvalue weighted by molar-refractivity contribution is 7.98. The summed E-state index contributed by atoms with van der Waals surface area (Å²) < 4.78 is 27.1. The number of nitrogens with one attached hydrogen (secondary N) is 2. The van der Waals surface area contributed by atoms with Gasteiger partial charge in [-0.3, -0.25) is 5.43 Å². The Morgan fingerprint density at radius 1 is 1.35 bits per heavy atom. The molecule has 1 fully saturated rings. The summed E-state index contributed by atoms with van der Waals surface area (Å²) in [6, 6.07) is 9.94. The lowest BCUT2D eigenvalue weighted by Gasteiger charge is -2.15. The standard InChI is InChI=1S/C14H16F2N6S/c1-23-14-21-20-13(12(15)16)22(14)18-8-10-7-17-19-11(10)9-5-3-2-4-6-9/h2-6,8,10-12,17,19H,7H2,1H3/b18-8+. The van der Waals surface area contributed by atoms with E-state index in [2.05, 4.69) is 26.2 Å². The van der Waals surface area contributed by atoms with E-state index < -0.39 is 12.2 Å². The van der Waals surface area contributed by atoms with Crippen LogP contribution in [0.4, 0.5) is 8.78 Å². The van der Waals surface area contributed by atoms with Gasteiger partial charge in [-0.1, -0.05) is 42.1 Å². The Morgan fingerprint density at radius 3 is 2.83 bits per heavy atom. The molecule has 2 aromatic rings. The van der Waals surface area contributed by atoms with E-state index in [0.717, 1.165) is 10.2 Å². The molecule has 1 aliphatic rings. The van der Waals surface area contributed by atoms with Crippen LogP contribution in [0, 0.1) is 5.92 Å². The molecule has 1 aromatic carbocycles. The summed E-state index contributed by atoms with van der Waals surface area (Å²) in [4.78, 5) is 0. The second kappa shape index (κ2) is 7.16. The number of thioether (sulfide) groups is 1. The van der Waals surface area contributed by atoms with Crippen LogP contribution in [0.2, 0.25) is 0 Å². The van der Waals surface area contributed by atoms with E-state index in [4.69, 9.17) is 0 Å². The number of hydrazine groups is 1. The summed E-state index contributed by atoms with van der Waals surface area (Å²) in [5, 5.41) is 11.8. The van der Waals surface area contributed by atoms with Crippen LogP contribution in [-0.4, -0.2) is 33.9 Å². The number of alkyl halides is 2. The first-order valence-corrected chi connectivity index (χ1v) is 8.28. The molecule has 23 heavy (non-hydrogen) atoms. The third-order valence-corrected chi connectivity index (χ3v) is 4.19. The molecule has 0 spiro atoms. The van der Waals surface area contributed by atoms with Crippen LogP contribution in [0.1, 0.15) is 23.9 Å². The molecular weight excluding hydrogens is 322 g/mol. The average Bonchev–Trinajstić information content (AvgIpc) is 3.20. The first kappa shape index (κ1) is 16.0. The summed E-state index contributed by atoms with van der Waals surface area (Å²) >= 11 is 1.22. The number of aromatic nitrogens is 3. The molecule has 1 saturated heterocycles. The maximum absolute atomic E-state index is 13.0. The number of rotatable bonds is 5.